The van der Waals surface area contributed by atoms with E-state index in [4.69, 9.17) is 10.5 Å². The topological polar surface area (TPSA) is 104 Å². The fraction of sp³-hybridized carbons (Fsp3) is 0.280. The molecule has 5 rings (SSSR count). The number of carbonyl (C=O) groups excluding carboxylic acids is 1. The summed E-state index contributed by atoms with van der Waals surface area (Å²) < 4.78 is 38.2. The van der Waals surface area contributed by atoms with Crippen LogP contribution in [0.3, 0.4) is 0 Å². The monoisotopic (exact) mass is 491 g/mol. The first-order valence-electron chi connectivity index (χ1n) is 11.2. The van der Waals surface area contributed by atoms with E-state index in [1.807, 2.05) is 0 Å². The van der Waals surface area contributed by atoms with Crippen LogP contribution in [-0.2, 0) is 16.6 Å². The Bertz CT molecular complexity index is 1580. The van der Waals surface area contributed by atoms with Crippen molar-refractivity contribution in [2.75, 3.05) is 26.0 Å². The Morgan fingerprint density at radius 2 is 2.17 bits per heavy atom. The second kappa shape index (κ2) is 9.05. The summed E-state index contributed by atoms with van der Waals surface area (Å²) in [4.78, 5) is 18.2. The van der Waals surface area contributed by atoms with Crippen molar-refractivity contribution >= 4 is 33.5 Å². The number of amides is 1. The van der Waals surface area contributed by atoms with Gasteiger partial charge in [0, 0.05) is 33.0 Å². The van der Waals surface area contributed by atoms with Crippen LogP contribution in [0.5, 0.6) is 0 Å². The van der Waals surface area contributed by atoms with Crippen LogP contribution in [0.1, 0.15) is 23.7 Å². The number of hydrogen-bond acceptors (Lipinski definition) is 6. The SMILES string of the molecule is C=CC(=O)N1C[C@@H](n2nc(C#Cc3c(F)cc4c(cnn4C)c3F)c3c(N)nccc32)C[C@@H]1COC. The van der Waals surface area contributed by atoms with Gasteiger partial charge in [-0.1, -0.05) is 12.5 Å². The molecule has 0 saturated carbocycles. The van der Waals surface area contributed by atoms with E-state index >= 15 is 4.39 Å². The number of likely N-dealkylation sites (tertiary alicyclic amines) is 1. The summed E-state index contributed by atoms with van der Waals surface area (Å²) >= 11 is 0. The highest BCUT2D eigenvalue weighted by Gasteiger charge is 2.36. The maximum Gasteiger partial charge on any atom is 0.246 e. The van der Waals surface area contributed by atoms with Gasteiger partial charge in [0.25, 0.3) is 0 Å². The molecule has 9 nitrogen and oxygen atoms in total. The Hall–Kier alpha value is -4.30. The molecule has 1 aliphatic heterocycles. The van der Waals surface area contributed by atoms with E-state index in [-0.39, 0.29) is 40.5 Å². The number of methoxy groups -OCH3 is 1. The molecule has 4 heterocycles. The van der Waals surface area contributed by atoms with Crippen molar-refractivity contribution in [1.82, 2.24) is 29.4 Å². The van der Waals surface area contributed by atoms with Crippen LogP contribution in [-0.4, -0.2) is 61.7 Å². The molecule has 1 fully saturated rings. The lowest BCUT2D eigenvalue weighted by atomic mass is 10.1. The summed E-state index contributed by atoms with van der Waals surface area (Å²) in [6.45, 7) is 4.33. The molecule has 0 aliphatic carbocycles. The summed E-state index contributed by atoms with van der Waals surface area (Å²) in [6, 6.07) is 2.58. The van der Waals surface area contributed by atoms with Crippen LogP contribution in [0.4, 0.5) is 14.6 Å². The van der Waals surface area contributed by atoms with Gasteiger partial charge < -0.3 is 15.4 Å². The number of aryl methyl sites for hydroxylation is 1. The molecule has 184 valence electrons. The number of benzene rings is 1. The number of nitrogen functional groups attached to an aromatic ring is 1. The molecule has 1 aromatic carbocycles. The van der Waals surface area contributed by atoms with Gasteiger partial charge in [0.05, 0.1) is 52.3 Å². The van der Waals surface area contributed by atoms with E-state index in [9.17, 15) is 9.18 Å². The molecule has 36 heavy (non-hydrogen) atoms. The highest BCUT2D eigenvalue weighted by Crippen LogP contribution is 2.33. The lowest BCUT2D eigenvalue weighted by Gasteiger charge is -2.22. The minimum atomic E-state index is -0.803. The van der Waals surface area contributed by atoms with E-state index in [0.29, 0.717) is 36.0 Å². The van der Waals surface area contributed by atoms with Gasteiger partial charge >= 0.3 is 0 Å². The molecular formula is C25H23F2N7O2. The molecule has 0 radical (unpaired) electrons. The molecule has 2 atom stereocenters. The first kappa shape index (κ1) is 23.4. The zero-order valence-corrected chi connectivity index (χ0v) is 19.7. The van der Waals surface area contributed by atoms with E-state index in [0.717, 1.165) is 0 Å². The van der Waals surface area contributed by atoms with Crippen LogP contribution in [0, 0.1) is 23.5 Å². The molecule has 11 heteroatoms. The van der Waals surface area contributed by atoms with Crippen LogP contribution < -0.4 is 5.73 Å². The quantitative estimate of drug-likeness (QED) is 0.348. The molecule has 0 spiro atoms. The van der Waals surface area contributed by atoms with E-state index in [2.05, 4.69) is 33.6 Å². The Balaban J connectivity index is 1.59. The lowest BCUT2D eigenvalue weighted by Crippen LogP contribution is -2.37. The van der Waals surface area contributed by atoms with Gasteiger partial charge in [-0.3, -0.25) is 14.2 Å². The molecule has 1 aliphatic rings. The highest BCUT2D eigenvalue weighted by atomic mass is 19.1. The molecule has 4 aromatic rings. The van der Waals surface area contributed by atoms with E-state index < -0.39 is 11.6 Å². The van der Waals surface area contributed by atoms with Crippen molar-refractivity contribution in [1.29, 1.82) is 0 Å². The second-order valence-electron chi connectivity index (χ2n) is 8.58. The first-order chi connectivity index (χ1) is 17.3. The van der Waals surface area contributed by atoms with Crippen LogP contribution in [0.25, 0.3) is 21.8 Å². The van der Waals surface area contributed by atoms with Crippen LogP contribution in [0.15, 0.2) is 37.2 Å². The van der Waals surface area contributed by atoms with Crippen molar-refractivity contribution in [3.63, 3.8) is 0 Å². The third-order valence-electron chi connectivity index (χ3n) is 6.45. The molecule has 1 amide bonds. The van der Waals surface area contributed by atoms with Crippen molar-refractivity contribution in [2.45, 2.75) is 18.5 Å². The predicted octanol–water partition coefficient (Wildman–Crippen LogP) is 2.55. The largest absolute Gasteiger partial charge is 0.383 e. The fourth-order valence-electron chi connectivity index (χ4n) is 4.74. The zero-order chi connectivity index (χ0) is 25.6. The summed E-state index contributed by atoms with van der Waals surface area (Å²) in [5.74, 6) is 3.78. The average molecular weight is 492 g/mol. The standard InChI is InChI=1S/C25H23F2N7O2/c1-4-22(35)33-12-14(9-15(33)13-36-3)34-20-7-8-29-25(28)23(20)19(31-34)6-5-16-18(26)10-21-17(24(16)27)11-30-32(21)2/h4,7-8,10-11,14-15H,1,9,12-13H2,2-3H3,(H2,28,29)/t14-,15+/m0/s1. The first-order valence-corrected chi connectivity index (χ1v) is 11.2. The van der Waals surface area contributed by atoms with Crippen molar-refractivity contribution in [2.24, 2.45) is 7.05 Å². The van der Waals surface area contributed by atoms with Gasteiger partial charge in [-0.15, -0.1) is 0 Å². The van der Waals surface area contributed by atoms with Gasteiger partial charge in [-0.05, 0) is 24.5 Å². The third-order valence-corrected chi connectivity index (χ3v) is 6.45. The number of pyridine rings is 1. The van der Waals surface area contributed by atoms with Gasteiger partial charge in [-0.2, -0.15) is 10.2 Å². The minimum absolute atomic E-state index is 0.159. The lowest BCUT2D eigenvalue weighted by molar-refractivity contribution is -0.127. The summed E-state index contributed by atoms with van der Waals surface area (Å²) in [6.07, 6.45) is 4.73. The van der Waals surface area contributed by atoms with Gasteiger partial charge in [0.1, 0.15) is 17.3 Å². The molecule has 3 aromatic heterocycles. The normalized spacial score (nSPS) is 17.5. The van der Waals surface area contributed by atoms with Crippen LogP contribution >= 0.6 is 0 Å². The molecule has 0 unspecified atom stereocenters. The van der Waals surface area contributed by atoms with Crippen molar-refractivity contribution in [3.8, 4) is 11.8 Å². The number of nitrogens with two attached hydrogens (primary N) is 1. The average Bonchev–Trinajstić information content (AvgIpc) is 3.55. The van der Waals surface area contributed by atoms with Crippen molar-refractivity contribution in [3.05, 3.63) is 60.1 Å². The Morgan fingerprint density at radius 1 is 1.36 bits per heavy atom. The van der Waals surface area contributed by atoms with Crippen LogP contribution in [0.2, 0.25) is 0 Å². The maximum absolute atomic E-state index is 15.0. The van der Waals surface area contributed by atoms with Crippen molar-refractivity contribution < 1.29 is 18.3 Å². The number of hydrogen-bond donors (Lipinski definition) is 1. The number of fused-ring (bicyclic) bond motifs is 2. The molecule has 1 saturated heterocycles. The number of anilines is 1. The third kappa shape index (κ3) is 3.76. The number of ether oxygens (including phenoxy) is 1. The number of aromatic nitrogens is 5. The molecule has 0 bridgehead atoms. The van der Waals surface area contributed by atoms with E-state index in [1.54, 1.807) is 36.0 Å². The number of halogens is 2. The molecular weight excluding hydrogens is 468 g/mol. The zero-order valence-electron chi connectivity index (χ0n) is 19.7. The summed E-state index contributed by atoms with van der Waals surface area (Å²) in [5, 5.41) is 9.27. The predicted molar refractivity (Wildman–Crippen MR) is 130 cm³/mol. The Labute approximate surface area is 205 Å². The highest BCUT2D eigenvalue weighted by molar-refractivity contribution is 5.93. The van der Waals surface area contributed by atoms with Gasteiger partial charge in [0.2, 0.25) is 5.91 Å². The second-order valence-corrected chi connectivity index (χ2v) is 8.58. The van der Waals surface area contributed by atoms with Gasteiger partial charge in [-0.25, -0.2) is 13.8 Å². The van der Waals surface area contributed by atoms with Gasteiger partial charge in [0.15, 0.2) is 5.82 Å². The summed E-state index contributed by atoms with van der Waals surface area (Å²) in [5.41, 5.74) is 6.99. The fourth-order valence-corrected chi connectivity index (χ4v) is 4.74. The number of carbonyl (C=O) groups is 1. The van der Waals surface area contributed by atoms with E-state index in [1.165, 1.54) is 23.0 Å². The Morgan fingerprint density at radius 3 is 2.92 bits per heavy atom. The summed E-state index contributed by atoms with van der Waals surface area (Å²) in [7, 11) is 3.18. The molecule has 2 N–H and O–H groups in total. The smallest absolute Gasteiger partial charge is 0.246 e. The minimum Gasteiger partial charge on any atom is -0.383 e. The number of rotatable bonds is 4. The number of nitrogens with zero attached hydrogens (tertiary/aromatic N) is 6. The maximum atomic E-state index is 15.0. The Kier molecular flexibility index (Phi) is 5.89.